The van der Waals surface area contributed by atoms with Crippen molar-refractivity contribution in [2.24, 2.45) is 5.92 Å². The molecular weight excluding hydrogens is 688 g/mol. The highest BCUT2D eigenvalue weighted by Gasteiger charge is 2.39. The monoisotopic (exact) mass is 738 g/mol. The predicted octanol–water partition coefficient (Wildman–Crippen LogP) is 4.62. The lowest BCUT2D eigenvalue weighted by Crippen LogP contribution is -2.57. The highest BCUT2D eigenvalue weighted by Crippen LogP contribution is 2.28. The number of nitrogens with zero attached hydrogens (tertiary/aromatic N) is 3. The Morgan fingerprint density at radius 3 is 2.13 bits per heavy atom. The maximum atomic E-state index is 14.4. The number of aromatic nitrogens is 2. The maximum Gasteiger partial charge on any atom is 0.323 e. The van der Waals surface area contributed by atoms with E-state index in [1.165, 1.54) is 11.2 Å². The van der Waals surface area contributed by atoms with E-state index in [4.69, 9.17) is 9.47 Å². The summed E-state index contributed by atoms with van der Waals surface area (Å²) in [5, 5.41) is 7.68. The van der Waals surface area contributed by atoms with Gasteiger partial charge in [-0.05, 0) is 68.0 Å². The molecule has 4 amide bonds. The Bertz CT molecular complexity index is 1890. The van der Waals surface area contributed by atoms with E-state index in [1.807, 2.05) is 68.4 Å². The summed E-state index contributed by atoms with van der Waals surface area (Å²) in [6, 6.07) is 17.5. The van der Waals surface area contributed by atoms with Gasteiger partial charge in [0.2, 0.25) is 11.8 Å². The van der Waals surface area contributed by atoms with Gasteiger partial charge in [0.25, 0.3) is 11.8 Å². The molecule has 0 aliphatic carbocycles. The number of fused-ring (bicyclic) bond motifs is 2. The van der Waals surface area contributed by atoms with E-state index in [0.717, 1.165) is 21.2 Å². The highest BCUT2D eigenvalue weighted by atomic mass is 16.6. The second kappa shape index (κ2) is 17.6. The number of imide groups is 1. The number of imidazole rings is 1. The van der Waals surface area contributed by atoms with Gasteiger partial charge in [0.05, 0.1) is 35.8 Å². The summed E-state index contributed by atoms with van der Waals surface area (Å²) in [6.45, 7) is 9.25. The van der Waals surface area contributed by atoms with Crippen molar-refractivity contribution >= 4 is 40.4 Å². The van der Waals surface area contributed by atoms with E-state index in [1.54, 1.807) is 46.1 Å². The smallest absolute Gasteiger partial charge is 0.323 e. The Kier molecular flexibility index (Phi) is 13.0. The zero-order valence-electron chi connectivity index (χ0n) is 31.8. The third-order valence-electron chi connectivity index (χ3n) is 9.11. The molecule has 1 aromatic heterocycles. The first-order valence-corrected chi connectivity index (χ1v) is 18.2. The van der Waals surface area contributed by atoms with Crippen LogP contribution in [0.3, 0.4) is 0 Å². The molecule has 5 rings (SSSR count). The first-order valence-electron chi connectivity index (χ1n) is 18.2. The van der Waals surface area contributed by atoms with Gasteiger partial charge >= 0.3 is 5.97 Å². The van der Waals surface area contributed by atoms with Crippen LogP contribution in [0.5, 0.6) is 0 Å². The number of H-pyrrole nitrogens is 1. The zero-order chi connectivity index (χ0) is 39.0. The summed E-state index contributed by atoms with van der Waals surface area (Å²) in [7, 11) is 1.55. The predicted molar refractivity (Wildman–Crippen MR) is 203 cm³/mol. The highest BCUT2D eigenvalue weighted by molar-refractivity contribution is 6.23. The van der Waals surface area contributed by atoms with Gasteiger partial charge in [-0.2, -0.15) is 0 Å². The van der Waals surface area contributed by atoms with Crippen molar-refractivity contribution in [1.82, 2.24) is 30.4 Å². The molecule has 1 aliphatic heterocycles. The average Bonchev–Trinajstić information content (AvgIpc) is 3.73. The molecule has 0 radical (unpaired) electrons. The zero-order valence-corrected chi connectivity index (χ0v) is 31.8. The van der Waals surface area contributed by atoms with E-state index in [9.17, 15) is 24.0 Å². The normalized spacial score (nSPS) is 14.5. The standard InChI is InChI=1S/C41H50N6O7/c1-26(2)18-34(39(51)46(6)35(21-30-22-42-24-43-30)36(48)44-25-53-23-27-12-8-7-9-13-27)45-33(40(52)54-41(3,4)5)16-17-47-37(49)31-19-28-14-10-11-15-29(28)20-32(31)38(47)50/h7-15,19-20,22,24,26,33-35,45H,16-18,21,23,25H2,1-6H3,(H,42,43)(H,44,48)/t33-,34+,35+/m1/s1. The fraction of sp³-hybridized carbons (Fsp3) is 0.415. The first kappa shape index (κ1) is 39.8. The number of carbonyl (C=O) groups excluding carboxylic acids is 5. The molecule has 54 heavy (non-hydrogen) atoms. The molecule has 13 nitrogen and oxygen atoms in total. The molecule has 0 fully saturated rings. The molecule has 3 atom stereocenters. The molecule has 2 heterocycles. The summed E-state index contributed by atoms with van der Waals surface area (Å²) < 4.78 is 11.5. The van der Waals surface area contributed by atoms with Crippen LogP contribution in [0.25, 0.3) is 10.8 Å². The number of rotatable bonds is 17. The molecule has 0 saturated carbocycles. The van der Waals surface area contributed by atoms with Crippen LogP contribution in [-0.2, 0) is 36.9 Å². The van der Waals surface area contributed by atoms with Gasteiger partial charge in [-0.3, -0.25) is 34.2 Å². The minimum absolute atomic E-state index is 0.00880. The molecule has 286 valence electrons. The number of ether oxygens (including phenoxy) is 2. The lowest BCUT2D eigenvalue weighted by Gasteiger charge is -2.33. The van der Waals surface area contributed by atoms with Gasteiger partial charge in [-0.15, -0.1) is 0 Å². The quantitative estimate of drug-likeness (QED) is 0.0607. The van der Waals surface area contributed by atoms with E-state index in [0.29, 0.717) is 29.8 Å². The van der Waals surface area contributed by atoms with E-state index in [2.05, 4.69) is 20.6 Å². The van der Waals surface area contributed by atoms with Crippen LogP contribution in [0.2, 0.25) is 0 Å². The fourth-order valence-electron chi connectivity index (χ4n) is 6.42. The molecule has 4 aromatic rings. The van der Waals surface area contributed by atoms with Crippen LogP contribution in [0.1, 0.15) is 79.4 Å². The number of hydrogen-bond donors (Lipinski definition) is 3. The van der Waals surface area contributed by atoms with Gasteiger partial charge in [-0.1, -0.05) is 68.4 Å². The number of aromatic amines is 1. The van der Waals surface area contributed by atoms with Crippen LogP contribution in [-0.4, -0.2) is 93.4 Å². The number of amides is 4. The Hall–Kier alpha value is -5.40. The maximum absolute atomic E-state index is 14.4. The molecule has 0 unspecified atom stereocenters. The summed E-state index contributed by atoms with van der Waals surface area (Å²) in [6.07, 6.45) is 3.59. The van der Waals surface area contributed by atoms with Crippen LogP contribution < -0.4 is 10.6 Å². The van der Waals surface area contributed by atoms with Crippen LogP contribution >= 0.6 is 0 Å². The first-order chi connectivity index (χ1) is 25.7. The number of carbonyl (C=O) groups is 5. The van der Waals surface area contributed by atoms with E-state index < -0.39 is 53.3 Å². The summed E-state index contributed by atoms with van der Waals surface area (Å²) in [5.41, 5.74) is 1.29. The van der Waals surface area contributed by atoms with E-state index >= 15 is 0 Å². The Labute approximate surface area is 315 Å². The van der Waals surface area contributed by atoms with Gasteiger partial charge in [0.1, 0.15) is 24.4 Å². The van der Waals surface area contributed by atoms with E-state index in [-0.39, 0.29) is 32.0 Å². The minimum atomic E-state index is -1.07. The molecule has 1 aliphatic rings. The van der Waals surface area contributed by atoms with Crippen molar-refractivity contribution in [2.75, 3.05) is 20.3 Å². The topological polar surface area (TPSA) is 163 Å². The lowest BCUT2D eigenvalue weighted by atomic mass is 9.99. The van der Waals surface area contributed by atoms with Gasteiger partial charge < -0.3 is 24.7 Å². The fourth-order valence-corrected chi connectivity index (χ4v) is 6.42. The number of nitrogens with one attached hydrogen (secondary N) is 3. The number of benzene rings is 3. The Morgan fingerprint density at radius 1 is 0.926 bits per heavy atom. The van der Waals surface area contributed by atoms with Gasteiger partial charge in [0, 0.05) is 26.2 Å². The average molecular weight is 739 g/mol. The third kappa shape index (κ3) is 10.2. The minimum Gasteiger partial charge on any atom is -0.459 e. The van der Waals surface area contributed by atoms with Crippen LogP contribution in [0, 0.1) is 5.92 Å². The second-order valence-electron chi connectivity index (χ2n) is 15.0. The van der Waals surface area contributed by atoms with Crippen molar-refractivity contribution in [1.29, 1.82) is 0 Å². The Balaban J connectivity index is 1.33. The van der Waals surface area contributed by atoms with Gasteiger partial charge in [-0.25, -0.2) is 4.98 Å². The molecule has 3 aromatic carbocycles. The molecule has 0 spiro atoms. The van der Waals surface area contributed by atoms with Gasteiger partial charge in [0.15, 0.2) is 0 Å². The number of esters is 1. The summed E-state index contributed by atoms with van der Waals surface area (Å²) >= 11 is 0. The Morgan fingerprint density at radius 2 is 1.56 bits per heavy atom. The summed E-state index contributed by atoms with van der Waals surface area (Å²) in [4.78, 5) is 78.5. The van der Waals surface area contributed by atoms with Crippen molar-refractivity contribution < 1.29 is 33.4 Å². The number of likely N-dealkylation sites (N-methyl/N-ethyl adjacent to an activating group) is 1. The largest absolute Gasteiger partial charge is 0.459 e. The number of hydrogen-bond acceptors (Lipinski definition) is 9. The van der Waals surface area contributed by atoms with Crippen molar-refractivity contribution in [3.05, 3.63) is 102 Å². The molecule has 13 heteroatoms. The summed E-state index contributed by atoms with van der Waals surface area (Å²) in [5.74, 6) is -2.38. The van der Waals surface area contributed by atoms with Crippen LogP contribution in [0.4, 0.5) is 0 Å². The molecular formula is C41H50N6O7. The van der Waals surface area contributed by atoms with Crippen molar-refractivity contribution in [3.63, 3.8) is 0 Å². The molecule has 3 N–H and O–H groups in total. The lowest BCUT2D eigenvalue weighted by molar-refractivity contribution is -0.158. The second-order valence-corrected chi connectivity index (χ2v) is 15.0. The third-order valence-corrected chi connectivity index (χ3v) is 9.11. The molecule has 0 bridgehead atoms. The van der Waals surface area contributed by atoms with Crippen molar-refractivity contribution in [3.8, 4) is 0 Å². The SMILES string of the molecule is CC(C)C[C@H](N[C@H](CCN1C(=O)c2cc3ccccc3cc2C1=O)C(=O)OC(C)(C)C)C(=O)N(C)[C@@H](Cc1c[nH]cn1)C(=O)NCOCc1ccccc1. The van der Waals surface area contributed by atoms with Crippen molar-refractivity contribution in [2.45, 2.75) is 84.2 Å². The van der Waals surface area contributed by atoms with Crippen LogP contribution in [0.15, 0.2) is 79.3 Å². The molecule has 0 saturated heterocycles.